The first kappa shape index (κ1) is 24.4. The Morgan fingerprint density at radius 1 is 1.05 bits per heavy atom. The minimum Gasteiger partial charge on any atom is -0.373 e. The molecule has 9 nitrogen and oxygen atoms in total. The third-order valence-electron chi connectivity index (χ3n) is 9.47. The van der Waals surface area contributed by atoms with Crippen molar-refractivity contribution >= 4 is 11.0 Å². The molecular formula is C28H29F3N8O. The van der Waals surface area contributed by atoms with Gasteiger partial charge in [-0.15, -0.1) is 5.10 Å². The van der Waals surface area contributed by atoms with Crippen LogP contribution in [0.5, 0.6) is 0 Å². The minimum atomic E-state index is -4.20. The molecule has 0 spiro atoms. The van der Waals surface area contributed by atoms with Gasteiger partial charge in [0.2, 0.25) is 0 Å². The van der Waals surface area contributed by atoms with Crippen LogP contribution in [0, 0.1) is 12.3 Å². The topological polar surface area (TPSA) is 96.4 Å². The summed E-state index contributed by atoms with van der Waals surface area (Å²) in [5, 5.41) is 13.5. The summed E-state index contributed by atoms with van der Waals surface area (Å²) in [4.78, 5) is 14.8. The van der Waals surface area contributed by atoms with E-state index >= 15 is 0 Å². The molecule has 12 heteroatoms. The molecule has 2 atom stereocenters. The zero-order valence-corrected chi connectivity index (χ0v) is 22.3. The Balaban J connectivity index is 1.19. The van der Waals surface area contributed by atoms with Crippen molar-refractivity contribution in [3.63, 3.8) is 0 Å². The molecule has 5 heterocycles. The predicted octanol–water partition coefficient (Wildman–Crippen LogP) is 5.28. The maximum absolute atomic E-state index is 13.8. The van der Waals surface area contributed by atoms with Crippen molar-refractivity contribution in [1.29, 1.82) is 0 Å². The van der Waals surface area contributed by atoms with Gasteiger partial charge in [0.1, 0.15) is 11.5 Å². The number of nitrogens with zero attached hydrogens (tertiary/aromatic N) is 8. The van der Waals surface area contributed by atoms with Crippen molar-refractivity contribution in [1.82, 2.24) is 39.7 Å². The van der Waals surface area contributed by atoms with Crippen LogP contribution in [0.15, 0.2) is 24.7 Å². The van der Waals surface area contributed by atoms with Gasteiger partial charge in [-0.1, -0.05) is 5.21 Å². The summed E-state index contributed by atoms with van der Waals surface area (Å²) >= 11 is 0. The van der Waals surface area contributed by atoms with E-state index in [9.17, 15) is 13.2 Å². The molecule has 0 radical (unpaired) electrons. The van der Waals surface area contributed by atoms with E-state index in [0.29, 0.717) is 47.3 Å². The quantitative estimate of drug-likeness (QED) is 0.334. The Bertz CT molecular complexity index is 1640. The SMILES string of the molecule is Cc1nc2nc([C@H]3CCO[C@@H](c4cnn(C5CC5)c4)C3)nc(C34CC(C(F)(F)F)(C3)C4)c2cc1-c1cn(C)nn1. The van der Waals surface area contributed by atoms with E-state index in [2.05, 4.69) is 21.6 Å². The lowest BCUT2D eigenvalue weighted by Gasteiger charge is -2.70. The van der Waals surface area contributed by atoms with Crippen molar-refractivity contribution in [2.45, 2.75) is 81.5 Å². The third kappa shape index (κ3) is 3.57. The fourth-order valence-corrected chi connectivity index (χ4v) is 7.14. The van der Waals surface area contributed by atoms with Gasteiger partial charge in [-0.3, -0.25) is 9.36 Å². The fraction of sp³-hybridized carbons (Fsp3) is 0.571. The summed E-state index contributed by atoms with van der Waals surface area (Å²) < 4.78 is 51.2. The second-order valence-corrected chi connectivity index (χ2v) is 12.4. The second kappa shape index (κ2) is 8.08. The molecule has 1 saturated heterocycles. The zero-order chi connectivity index (χ0) is 27.4. The molecule has 4 aromatic rings. The maximum atomic E-state index is 13.8. The number of rotatable bonds is 5. The summed E-state index contributed by atoms with van der Waals surface area (Å²) in [5.74, 6) is 0.659. The van der Waals surface area contributed by atoms with Crippen molar-refractivity contribution in [3.05, 3.63) is 47.4 Å². The van der Waals surface area contributed by atoms with Gasteiger partial charge in [-0.2, -0.15) is 18.3 Å². The molecule has 1 aliphatic heterocycles. The number of ether oxygens (including phenoxy) is 1. The number of fused-ring (bicyclic) bond motifs is 1. The molecule has 40 heavy (non-hydrogen) atoms. The molecular weight excluding hydrogens is 521 g/mol. The van der Waals surface area contributed by atoms with E-state index in [1.807, 2.05) is 23.9 Å². The van der Waals surface area contributed by atoms with E-state index < -0.39 is 17.0 Å². The summed E-state index contributed by atoms with van der Waals surface area (Å²) in [7, 11) is 1.79. The van der Waals surface area contributed by atoms with E-state index in [1.54, 1.807) is 17.9 Å². The Hall–Kier alpha value is -3.41. The van der Waals surface area contributed by atoms with Crippen LogP contribution in [0.25, 0.3) is 22.3 Å². The monoisotopic (exact) mass is 550 g/mol. The average Bonchev–Trinajstić information content (AvgIpc) is 3.43. The second-order valence-electron chi connectivity index (χ2n) is 12.4. The molecule has 4 aliphatic carbocycles. The average molecular weight is 551 g/mol. The highest BCUT2D eigenvalue weighted by Crippen LogP contribution is 2.78. The lowest BCUT2D eigenvalue weighted by atomic mass is 9.33. The lowest BCUT2D eigenvalue weighted by molar-refractivity contribution is -0.337. The van der Waals surface area contributed by atoms with Crippen LogP contribution in [0.4, 0.5) is 13.2 Å². The molecule has 4 saturated carbocycles. The van der Waals surface area contributed by atoms with Crippen LogP contribution in [-0.2, 0) is 17.2 Å². The van der Waals surface area contributed by atoms with Crippen molar-refractivity contribution in [2.75, 3.05) is 6.61 Å². The Morgan fingerprint density at radius 3 is 2.55 bits per heavy atom. The molecule has 0 unspecified atom stereocenters. The molecule has 5 aliphatic rings. The van der Waals surface area contributed by atoms with Crippen LogP contribution in [0.1, 0.15) is 85.8 Å². The predicted molar refractivity (Wildman–Crippen MR) is 137 cm³/mol. The highest BCUT2D eigenvalue weighted by atomic mass is 19.4. The number of hydrogen-bond donors (Lipinski definition) is 0. The van der Waals surface area contributed by atoms with E-state index in [-0.39, 0.29) is 31.3 Å². The fourth-order valence-electron chi connectivity index (χ4n) is 7.14. The van der Waals surface area contributed by atoms with Gasteiger partial charge < -0.3 is 4.74 Å². The van der Waals surface area contributed by atoms with Crippen LogP contribution in [-0.4, -0.2) is 52.5 Å². The summed E-state index contributed by atoms with van der Waals surface area (Å²) in [6.45, 7) is 2.45. The first-order chi connectivity index (χ1) is 19.1. The normalized spacial score (nSPS) is 29.8. The number of aryl methyl sites for hydroxylation is 2. The number of halogens is 3. The lowest BCUT2D eigenvalue weighted by Crippen LogP contribution is -2.70. The molecule has 2 bridgehead atoms. The number of alkyl halides is 3. The van der Waals surface area contributed by atoms with Gasteiger partial charge in [0, 0.05) is 53.4 Å². The largest absolute Gasteiger partial charge is 0.394 e. The van der Waals surface area contributed by atoms with Gasteiger partial charge in [-0.05, 0) is 57.9 Å². The zero-order valence-electron chi connectivity index (χ0n) is 22.3. The summed E-state index contributed by atoms with van der Waals surface area (Å²) in [6, 6.07) is 2.44. The molecule has 5 fully saturated rings. The van der Waals surface area contributed by atoms with Gasteiger partial charge in [0.05, 0.1) is 35.6 Å². The molecule has 0 amide bonds. The first-order valence-electron chi connectivity index (χ1n) is 13.9. The Morgan fingerprint density at radius 2 is 1.85 bits per heavy atom. The summed E-state index contributed by atoms with van der Waals surface area (Å²) in [5.41, 5.74) is 2.28. The highest BCUT2D eigenvalue weighted by Gasteiger charge is 2.79. The molecule has 9 rings (SSSR count). The molecule has 4 aromatic heterocycles. The standard InChI is InChI=1S/C28H29F3N8O/c1-15-19(21-11-38(2)37-36-21)8-20-23(26-12-27(13-26,14-26)28(29,30)31)34-24(35-25(20)33-15)16-5-6-40-22(7-16)17-9-32-39(10-17)18-3-4-18/h8-11,16,18,22H,3-7,12-14H2,1-2H3/t16-,22+,26?,27?/m0/s1. The van der Waals surface area contributed by atoms with Crippen LogP contribution < -0.4 is 0 Å². The van der Waals surface area contributed by atoms with Crippen LogP contribution in [0.2, 0.25) is 0 Å². The van der Waals surface area contributed by atoms with Crippen molar-refractivity contribution in [3.8, 4) is 11.3 Å². The molecule has 0 N–H and O–H groups in total. The molecule has 208 valence electrons. The summed E-state index contributed by atoms with van der Waals surface area (Å²) in [6.07, 6.45) is 5.41. The van der Waals surface area contributed by atoms with E-state index in [1.165, 1.54) is 0 Å². The van der Waals surface area contributed by atoms with Gasteiger partial charge in [-0.25, -0.2) is 15.0 Å². The third-order valence-corrected chi connectivity index (χ3v) is 9.47. The molecule has 0 aromatic carbocycles. The number of hydrogen-bond acceptors (Lipinski definition) is 7. The van der Waals surface area contributed by atoms with Crippen molar-refractivity contribution < 1.29 is 17.9 Å². The van der Waals surface area contributed by atoms with Crippen LogP contribution >= 0.6 is 0 Å². The van der Waals surface area contributed by atoms with Gasteiger partial charge >= 0.3 is 6.18 Å². The number of pyridine rings is 1. The first-order valence-corrected chi connectivity index (χ1v) is 13.9. The maximum Gasteiger partial charge on any atom is 0.394 e. The van der Waals surface area contributed by atoms with Crippen LogP contribution in [0.3, 0.4) is 0 Å². The minimum absolute atomic E-state index is 0.0110. The smallest absolute Gasteiger partial charge is 0.373 e. The van der Waals surface area contributed by atoms with E-state index in [0.717, 1.165) is 36.1 Å². The number of aromatic nitrogens is 8. The van der Waals surface area contributed by atoms with Gasteiger partial charge in [0.15, 0.2) is 5.65 Å². The highest BCUT2D eigenvalue weighted by molar-refractivity contribution is 5.85. The van der Waals surface area contributed by atoms with Crippen molar-refractivity contribution in [2.24, 2.45) is 12.5 Å². The van der Waals surface area contributed by atoms with E-state index in [4.69, 9.17) is 19.7 Å². The van der Waals surface area contributed by atoms with Gasteiger partial charge in [0.25, 0.3) is 0 Å². The Kier molecular flexibility index (Phi) is 4.93. The Labute approximate surface area is 228 Å².